The fourth-order valence-corrected chi connectivity index (χ4v) is 2.08. The maximum atomic E-state index is 12.1. The standard InChI is InChI=1S/C16H16N4O4/c1-20(2)14-6-4-11(8-17-14)16(22)19-18-15(21)10-3-5-12-13(7-10)24-9-23-12/h3-8H,9H2,1-2H3,(H,18,21)(H,19,22). The Balaban J connectivity index is 1.60. The molecule has 124 valence electrons. The molecule has 2 aromatic rings. The lowest BCUT2D eigenvalue weighted by Crippen LogP contribution is -2.41. The van der Waals surface area contributed by atoms with Gasteiger partial charge in [-0.15, -0.1) is 0 Å². The van der Waals surface area contributed by atoms with Crippen molar-refractivity contribution >= 4 is 17.6 Å². The van der Waals surface area contributed by atoms with E-state index >= 15 is 0 Å². The highest BCUT2D eigenvalue weighted by Gasteiger charge is 2.16. The Morgan fingerprint density at radius 2 is 1.67 bits per heavy atom. The molecule has 2 amide bonds. The molecule has 8 heteroatoms. The average molecular weight is 328 g/mol. The van der Waals surface area contributed by atoms with Crippen LogP contribution in [0.25, 0.3) is 0 Å². The van der Waals surface area contributed by atoms with Gasteiger partial charge in [0, 0.05) is 25.9 Å². The Morgan fingerprint density at radius 3 is 2.33 bits per heavy atom. The van der Waals surface area contributed by atoms with Crippen LogP contribution in [0.5, 0.6) is 11.5 Å². The van der Waals surface area contributed by atoms with Crippen LogP contribution in [0.1, 0.15) is 20.7 Å². The van der Waals surface area contributed by atoms with Crippen LogP contribution in [-0.4, -0.2) is 37.7 Å². The molecular weight excluding hydrogens is 312 g/mol. The molecule has 1 aliphatic rings. The fourth-order valence-electron chi connectivity index (χ4n) is 2.08. The summed E-state index contributed by atoms with van der Waals surface area (Å²) in [5, 5.41) is 0. The van der Waals surface area contributed by atoms with Crippen molar-refractivity contribution < 1.29 is 19.1 Å². The van der Waals surface area contributed by atoms with E-state index in [0.29, 0.717) is 22.6 Å². The van der Waals surface area contributed by atoms with Crippen LogP contribution in [-0.2, 0) is 0 Å². The molecule has 3 rings (SSSR count). The van der Waals surface area contributed by atoms with Gasteiger partial charge in [0.05, 0.1) is 5.56 Å². The van der Waals surface area contributed by atoms with E-state index in [1.165, 1.54) is 6.20 Å². The molecule has 0 aliphatic carbocycles. The maximum Gasteiger partial charge on any atom is 0.271 e. The third kappa shape index (κ3) is 3.22. The van der Waals surface area contributed by atoms with Crippen molar-refractivity contribution in [3.8, 4) is 11.5 Å². The van der Waals surface area contributed by atoms with Crippen molar-refractivity contribution in [2.24, 2.45) is 0 Å². The third-order valence-corrected chi connectivity index (χ3v) is 3.39. The normalized spacial score (nSPS) is 11.8. The molecule has 0 spiro atoms. The van der Waals surface area contributed by atoms with Gasteiger partial charge in [0.25, 0.3) is 11.8 Å². The molecule has 1 aromatic carbocycles. The number of anilines is 1. The molecule has 0 bridgehead atoms. The zero-order chi connectivity index (χ0) is 17.1. The summed E-state index contributed by atoms with van der Waals surface area (Å²) in [5.41, 5.74) is 5.39. The largest absolute Gasteiger partial charge is 0.454 e. The highest BCUT2D eigenvalue weighted by Crippen LogP contribution is 2.32. The van der Waals surface area contributed by atoms with Gasteiger partial charge in [-0.1, -0.05) is 0 Å². The summed E-state index contributed by atoms with van der Waals surface area (Å²) < 4.78 is 10.4. The number of nitrogens with one attached hydrogen (secondary N) is 2. The smallest absolute Gasteiger partial charge is 0.271 e. The lowest BCUT2D eigenvalue weighted by molar-refractivity contribution is 0.0846. The molecule has 2 N–H and O–H groups in total. The predicted molar refractivity (Wildman–Crippen MR) is 86.1 cm³/mol. The average Bonchev–Trinajstić information content (AvgIpc) is 3.07. The predicted octanol–water partition coefficient (Wildman–Crippen LogP) is 0.951. The maximum absolute atomic E-state index is 12.1. The van der Waals surface area contributed by atoms with Crippen LogP contribution < -0.4 is 25.2 Å². The lowest BCUT2D eigenvalue weighted by Gasteiger charge is -2.11. The van der Waals surface area contributed by atoms with E-state index in [-0.39, 0.29) is 6.79 Å². The lowest BCUT2D eigenvalue weighted by atomic mass is 10.2. The van der Waals surface area contributed by atoms with Crippen molar-refractivity contribution in [3.05, 3.63) is 47.7 Å². The summed E-state index contributed by atoms with van der Waals surface area (Å²) in [6, 6.07) is 8.13. The van der Waals surface area contributed by atoms with Gasteiger partial charge in [0.15, 0.2) is 11.5 Å². The Morgan fingerprint density at radius 1 is 1.00 bits per heavy atom. The highest BCUT2D eigenvalue weighted by molar-refractivity contribution is 5.99. The van der Waals surface area contributed by atoms with Crippen molar-refractivity contribution in [1.82, 2.24) is 15.8 Å². The first kappa shape index (κ1) is 15.6. The summed E-state index contributed by atoms with van der Waals surface area (Å²) in [5.74, 6) is 0.900. The zero-order valence-electron chi connectivity index (χ0n) is 13.2. The van der Waals surface area contributed by atoms with E-state index in [0.717, 1.165) is 5.82 Å². The van der Waals surface area contributed by atoms with Gasteiger partial charge in [-0.3, -0.25) is 20.4 Å². The number of carbonyl (C=O) groups is 2. The van der Waals surface area contributed by atoms with Crippen LogP contribution in [0.2, 0.25) is 0 Å². The van der Waals surface area contributed by atoms with E-state index in [2.05, 4.69) is 15.8 Å². The molecule has 2 heterocycles. The van der Waals surface area contributed by atoms with Gasteiger partial charge in [-0.05, 0) is 30.3 Å². The monoisotopic (exact) mass is 328 g/mol. The minimum Gasteiger partial charge on any atom is -0.454 e. The Hall–Kier alpha value is -3.29. The summed E-state index contributed by atoms with van der Waals surface area (Å²) in [6.45, 7) is 0.132. The number of hydrogen-bond acceptors (Lipinski definition) is 6. The summed E-state index contributed by atoms with van der Waals surface area (Å²) in [4.78, 5) is 30.1. The molecular formula is C16H16N4O4. The van der Waals surface area contributed by atoms with Gasteiger partial charge in [-0.2, -0.15) is 0 Å². The molecule has 24 heavy (non-hydrogen) atoms. The van der Waals surface area contributed by atoms with Crippen molar-refractivity contribution in [1.29, 1.82) is 0 Å². The van der Waals surface area contributed by atoms with Crippen LogP contribution in [0.15, 0.2) is 36.5 Å². The molecule has 0 atom stereocenters. The number of benzene rings is 1. The summed E-state index contributed by atoms with van der Waals surface area (Å²) >= 11 is 0. The summed E-state index contributed by atoms with van der Waals surface area (Å²) in [6.07, 6.45) is 1.44. The van der Waals surface area contributed by atoms with E-state index in [1.807, 2.05) is 19.0 Å². The Bertz CT molecular complexity index is 774. The van der Waals surface area contributed by atoms with Gasteiger partial charge in [-0.25, -0.2) is 4.98 Å². The van der Waals surface area contributed by atoms with Gasteiger partial charge < -0.3 is 14.4 Å². The second-order valence-electron chi connectivity index (χ2n) is 5.28. The highest BCUT2D eigenvalue weighted by atomic mass is 16.7. The molecule has 0 saturated heterocycles. The number of aromatic nitrogens is 1. The second kappa shape index (κ2) is 6.45. The van der Waals surface area contributed by atoms with E-state index in [1.54, 1.807) is 30.3 Å². The number of carbonyl (C=O) groups excluding carboxylic acids is 2. The van der Waals surface area contributed by atoms with E-state index in [4.69, 9.17) is 9.47 Å². The molecule has 0 radical (unpaired) electrons. The fraction of sp³-hybridized carbons (Fsp3) is 0.188. The Labute approximate surface area is 138 Å². The van der Waals surface area contributed by atoms with Gasteiger partial charge >= 0.3 is 0 Å². The van der Waals surface area contributed by atoms with Crippen LogP contribution in [0.3, 0.4) is 0 Å². The summed E-state index contributed by atoms with van der Waals surface area (Å²) in [7, 11) is 3.71. The number of hydrogen-bond donors (Lipinski definition) is 2. The second-order valence-corrected chi connectivity index (χ2v) is 5.28. The van der Waals surface area contributed by atoms with Crippen molar-refractivity contribution in [2.75, 3.05) is 25.8 Å². The molecule has 0 fully saturated rings. The SMILES string of the molecule is CN(C)c1ccc(C(=O)NNC(=O)c2ccc3c(c2)OCO3)cn1. The third-order valence-electron chi connectivity index (χ3n) is 3.39. The molecule has 0 saturated carbocycles. The first-order chi connectivity index (χ1) is 11.5. The zero-order valence-corrected chi connectivity index (χ0v) is 13.2. The van der Waals surface area contributed by atoms with Crippen molar-refractivity contribution in [2.45, 2.75) is 0 Å². The topological polar surface area (TPSA) is 92.8 Å². The Kier molecular flexibility index (Phi) is 4.19. The van der Waals surface area contributed by atoms with E-state index in [9.17, 15) is 9.59 Å². The molecule has 1 aromatic heterocycles. The van der Waals surface area contributed by atoms with Crippen LogP contribution >= 0.6 is 0 Å². The van der Waals surface area contributed by atoms with Gasteiger partial charge in [0.1, 0.15) is 5.82 Å². The number of hydrazine groups is 1. The van der Waals surface area contributed by atoms with Crippen LogP contribution in [0, 0.1) is 0 Å². The van der Waals surface area contributed by atoms with Crippen LogP contribution in [0.4, 0.5) is 5.82 Å². The molecule has 0 unspecified atom stereocenters. The minimum absolute atomic E-state index is 0.132. The number of fused-ring (bicyclic) bond motifs is 1. The number of amides is 2. The van der Waals surface area contributed by atoms with Gasteiger partial charge in [0.2, 0.25) is 6.79 Å². The molecule has 1 aliphatic heterocycles. The van der Waals surface area contributed by atoms with Crippen molar-refractivity contribution in [3.63, 3.8) is 0 Å². The molecule has 8 nitrogen and oxygen atoms in total. The number of ether oxygens (including phenoxy) is 2. The number of rotatable bonds is 3. The number of pyridine rings is 1. The minimum atomic E-state index is -0.459. The first-order valence-corrected chi connectivity index (χ1v) is 7.18. The number of nitrogens with zero attached hydrogens (tertiary/aromatic N) is 2. The quantitative estimate of drug-likeness (QED) is 0.815. The first-order valence-electron chi connectivity index (χ1n) is 7.18. The van der Waals surface area contributed by atoms with E-state index < -0.39 is 11.8 Å².